The minimum absolute atomic E-state index is 0.524. The Hall–Kier alpha value is -1.74. The van der Waals surface area contributed by atoms with Crippen molar-refractivity contribution in [3.05, 3.63) is 60.7 Å². The number of hydrogen-bond acceptors (Lipinski definition) is 2. The van der Waals surface area contributed by atoms with Crippen LogP contribution in [0.5, 0.6) is 11.5 Å². The predicted octanol–water partition coefficient (Wildman–Crippen LogP) is 4.95. The van der Waals surface area contributed by atoms with Crippen LogP contribution < -0.4 is 8.85 Å². The predicted molar refractivity (Wildman–Crippen MR) is 90.2 cm³/mol. The van der Waals surface area contributed by atoms with Crippen molar-refractivity contribution < 1.29 is 8.85 Å². The first-order valence-corrected chi connectivity index (χ1v) is 9.37. The zero-order valence-electron chi connectivity index (χ0n) is 12.9. The van der Waals surface area contributed by atoms with E-state index in [1.165, 1.54) is 0 Å². The second-order valence-corrected chi connectivity index (χ2v) is 7.34. The Kier molecular flexibility index (Phi) is 6.35. The maximum atomic E-state index is 6.24. The van der Waals surface area contributed by atoms with E-state index in [2.05, 4.69) is 13.8 Å². The average molecular weight is 300 g/mol. The van der Waals surface area contributed by atoms with E-state index in [1.807, 2.05) is 60.7 Å². The van der Waals surface area contributed by atoms with Gasteiger partial charge in [0.15, 0.2) is 0 Å². The smallest absolute Gasteiger partial charge is 0.447 e. The van der Waals surface area contributed by atoms with Gasteiger partial charge in [-0.15, -0.1) is 0 Å². The van der Waals surface area contributed by atoms with Crippen LogP contribution in [0.1, 0.15) is 33.1 Å². The summed E-state index contributed by atoms with van der Waals surface area (Å²) in [5.74, 6) is 1.83. The lowest BCUT2D eigenvalue weighted by atomic mass is 10.2. The summed E-state index contributed by atoms with van der Waals surface area (Å²) in [4.78, 5) is 0. The lowest BCUT2D eigenvalue weighted by Gasteiger charge is -2.25. The van der Waals surface area contributed by atoms with Crippen molar-refractivity contribution in [2.24, 2.45) is 0 Å². The van der Waals surface area contributed by atoms with E-state index < -0.39 is 9.28 Å². The Morgan fingerprint density at radius 3 is 1.67 bits per heavy atom. The molecule has 2 aromatic carbocycles. The fourth-order valence-electron chi connectivity index (χ4n) is 2.39. The van der Waals surface area contributed by atoms with E-state index in [4.69, 9.17) is 8.85 Å². The summed E-state index contributed by atoms with van der Waals surface area (Å²) >= 11 is 0. The van der Waals surface area contributed by atoms with Crippen molar-refractivity contribution in [1.29, 1.82) is 0 Å². The molecule has 3 heteroatoms. The number of rotatable bonds is 8. The van der Waals surface area contributed by atoms with Gasteiger partial charge in [-0.25, -0.2) is 0 Å². The molecular weight excluding hydrogens is 276 g/mol. The van der Waals surface area contributed by atoms with E-state index in [9.17, 15) is 0 Å². The van der Waals surface area contributed by atoms with Gasteiger partial charge in [0.1, 0.15) is 11.5 Å². The van der Waals surface area contributed by atoms with Crippen molar-refractivity contribution in [1.82, 2.24) is 0 Å². The van der Waals surface area contributed by atoms with Gasteiger partial charge in [-0.3, -0.25) is 0 Å². The summed E-state index contributed by atoms with van der Waals surface area (Å²) in [6.07, 6.45) is 3.43. The van der Waals surface area contributed by atoms with E-state index in [0.717, 1.165) is 30.8 Å². The molecule has 0 heterocycles. The van der Waals surface area contributed by atoms with Gasteiger partial charge in [-0.2, -0.15) is 0 Å². The van der Waals surface area contributed by atoms with Gasteiger partial charge in [-0.05, 0) is 37.1 Å². The summed E-state index contributed by atoms with van der Waals surface area (Å²) in [5, 5.41) is 0. The summed E-state index contributed by atoms with van der Waals surface area (Å²) < 4.78 is 12.5. The van der Waals surface area contributed by atoms with Crippen LogP contribution in [0.3, 0.4) is 0 Å². The molecule has 0 amide bonds. The summed E-state index contributed by atoms with van der Waals surface area (Å²) in [5.41, 5.74) is 0.524. The van der Waals surface area contributed by atoms with Crippen LogP contribution in [-0.2, 0) is 0 Å². The van der Waals surface area contributed by atoms with Gasteiger partial charge in [-0.1, -0.05) is 56.7 Å². The van der Waals surface area contributed by atoms with E-state index in [1.54, 1.807) is 0 Å². The molecule has 2 rings (SSSR count). The Morgan fingerprint density at radius 1 is 0.810 bits per heavy atom. The maximum absolute atomic E-state index is 6.24. The monoisotopic (exact) mass is 300 g/mol. The molecule has 0 spiro atoms. The van der Waals surface area contributed by atoms with Gasteiger partial charge in [0.2, 0.25) is 0 Å². The lowest BCUT2D eigenvalue weighted by Crippen LogP contribution is -2.35. The van der Waals surface area contributed by atoms with Crippen LogP contribution in [0.2, 0.25) is 5.54 Å². The summed E-state index contributed by atoms with van der Waals surface area (Å²) in [7, 11) is -1.82. The van der Waals surface area contributed by atoms with E-state index >= 15 is 0 Å². The highest BCUT2D eigenvalue weighted by molar-refractivity contribution is 6.48. The molecule has 0 fully saturated rings. The summed E-state index contributed by atoms with van der Waals surface area (Å²) in [6.45, 7) is 4.45. The first kappa shape index (κ1) is 15.6. The van der Waals surface area contributed by atoms with Crippen LogP contribution in [-0.4, -0.2) is 9.28 Å². The van der Waals surface area contributed by atoms with E-state index in [-0.39, 0.29) is 0 Å². The Bertz CT molecular complexity index is 460. The van der Waals surface area contributed by atoms with Gasteiger partial charge in [0.25, 0.3) is 0 Å². The van der Waals surface area contributed by atoms with E-state index in [0.29, 0.717) is 5.54 Å². The highest BCUT2D eigenvalue weighted by Crippen LogP contribution is 2.26. The van der Waals surface area contributed by atoms with Crippen molar-refractivity contribution in [2.75, 3.05) is 0 Å². The first-order chi connectivity index (χ1) is 10.3. The zero-order chi connectivity index (χ0) is 14.9. The number of benzene rings is 2. The first-order valence-electron chi connectivity index (χ1n) is 7.77. The van der Waals surface area contributed by atoms with Gasteiger partial charge < -0.3 is 8.85 Å². The molecule has 21 heavy (non-hydrogen) atoms. The van der Waals surface area contributed by atoms with Crippen LogP contribution in [0.4, 0.5) is 0 Å². The minimum Gasteiger partial charge on any atom is -0.514 e. The van der Waals surface area contributed by atoms with Gasteiger partial charge in [0.05, 0.1) is 0 Å². The topological polar surface area (TPSA) is 18.5 Å². The van der Waals surface area contributed by atoms with Crippen molar-refractivity contribution in [2.45, 2.75) is 38.7 Å². The SMILES string of the molecule is CCCC(CC)[SiH](Oc1ccccc1)Oc1ccccc1. The minimum atomic E-state index is -1.82. The van der Waals surface area contributed by atoms with Crippen molar-refractivity contribution in [3.8, 4) is 11.5 Å². The number of para-hydroxylation sites is 2. The van der Waals surface area contributed by atoms with Crippen LogP contribution in [0, 0.1) is 0 Å². The molecule has 1 atom stereocenters. The Balaban J connectivity index is 2.13. The summed E-state index contributed by atoms with van der Waals surface area (Å²) in [6, 6.07) is 20.1. The highest BCUT2D eigenvalue weighted by atomic mass is 28.3. The number of hydrogen-bond donors (Lipinski definition) is 0. The van der Waals surface area contributed by atoms with Crippen molar-refractivity contribution >= 4 is 9.28 Å². The molecule has 0 saturated carbocycles. The molecule has 0 aliphatic rings. The molecule has 0 aliphatic carbocycles. The Labute approximate surface area is 129 Å². The molecule has 112 valence electrons. The van der Waals surface area contributed by atoms with Crippen LogP contribution in [0.15, 0.2) is 60.7 Å². The highest BCUT2D eigenvalue weighted by Gasteiger charge is 2.27. The fraction of sp³-hybridized carbons (Fsp3) is 0.333. The molecule has 0 radical (unpaired) electrons. The second-order valence-electron chi connectivity index (χ2n) is 5.19. The third-order valence-corrected chi connectivity index (χ3v) is 6.14. The van der Waals surface area contributed by atoms with Gasteiger partial charge >= 0.3 is 9.28 Å². The fourth-order valence-corrected chi connectivity index (χ4v) is 4.66. The molecule has 0 bridgehead atoms. The molecule has 0 aromatic heterocycles. The van der Waals surface area contributed by atoms with Crippen molar-refractivity contribution in [3.63, 3.8) is 0 Å². The normalized spacial score (nSPS) is 12.1. The second kappa shape index (κ2) is 8.52. The molecular formula is C18H24O2Si. The third-order valence-electron chi connectivity index (χ3n) is 3.56. The third kappa shape index (κ3) is 4.94. The zero-order valence-corrected chi connectivity index (χ0v) is 14.0. The van der Waals surface area contributed by atoms with Crippen LogP contribution >= 0.6 is 0 Å². The lowest BCUT2D eigenvalue weighted by molar-refractivity contribution is 0.391. The standard InChI is InChI=1S/C18H24O2Si/c1-3-11-18(4-2)21(19-16-12-7-5-8-13-16)20-17-14-9-6-10-15-17/h5-10,12-15,18,21H,3-4,11H2,1-2H3. The Morgan fingerprint density at radius 2 is 1.29 bits per heavy atom. The quantitative estimate of drug-likeness (QED) is 0.642. The molecule has 2 nitrogen and oxygen atoms in total. The van der Waals surface area contributed by atoms with Crippen LogP contribution in [0.25, 0.3) is 0 Å². The maximum Gasteiger partial charge on any atom is 0.447 e. The average Bonchev–Trinajstić information content (AvgIpc) is 2.54. The molecule has 2 aromatic rings. The molecule has 0 N–H and O–H groups in total. The molecule has 0 saturated heterocycles. The molecule has 0 aliphatic heterocycles. The van der Waals surface area contributed by atoms with Gasteiger partial charge in [0, 0.05) is 5.54 Å². The largest absolute Gasteiger partial charge is 0.514 e. The molecule has 1 unspecified atom stereocenters.